The second-order valence-corrected chi connectivity index (χ2v) is 7.37. The number of nitrogens with one attached hydrogen (secondary N) is 1. The smallest absolute Gasteiger partial charge is 0.249 e. The molecule has 1 heterocycles. The molecular weight excluding hydrogens is 376 g/mol. The van der Waals surface area contributed by atoms with Gasteiger partial charge in [-0.1, -0.05) is 72.8 Å². The highest BCUT2D eigenvalue weighted by molar-refractivity contribution is 5.94. The molecule has 3 aromatic rings. The number of ether oxygens (including phenoxy) is 1. The molecule has 30 heavy (non-hydrogen) atoms. The minimum Gasteiger partial charge on any atom is -0.497 e. The number of carbonyl (C=O) groups excluding carboxylic acids is 2. The molecule has 2 unspecified atom stereocenters. The number of likely N-dealkylation sites (tertiary alicyclic amines) is 1. The van der Waals surface area contributed by atoms with Crippen LogP contribution in [-0.2, 0) is 9.59 Å². The summed E-state index contributed by atoms with van der Waals surface area (Å²) in [5.41, 5.74) is 3.00. The number of rotatable bonds is 6. The number of β-lactam (4-membered cyclic amide) rings is 1. The number of benzene rings is 3. The third kappa shape index (κ3) is 3.66. The lowest BCUT2D eigenvalue weighted by Gasteiger charge is -2.51. The molecule has 3 aromatic carbocycles. The lowest BCUT2D eigenvalue weighted by atomic mass is 9.83. The highest BCUT2D eigenvalue weighted by Crippen LogP contribution is 2.44. The van der Waals surface area contributed by atoms with Crippen LogP contribution in [0, 0.1) is 0 Å². The van der Waals surface area contributed by atoms with Crippen LogP contribution in [0.25, 0.3) is 0 Å². The van der Waals surface area contributed by atoms with Crippen molar-refractivity contribution >= 4 is 11.8 Å². The molecule has 4 rings (SSSR count). The fraction of sp³-hybridized carbons (Fsp3) is 0.200. The molecule has 5 nitrogen and oxygen atoms in total. The monoisotopic (exact) mass is 400 g/mol. The van der Waals surface area contributed by atoms with E-state index in [1.807, 2.05) is 89.8 Å². The van der Waals surface area contributed by atoms with Gasteiger partial charge in [-0.25, -0.2) is 0 Å². The first kappa shape index (κ1) is 19.7. The van der Waals surface area contributed by atoms with Crippen LogP contribution in [0.15, 0.2) is 84.9 Å². The van der Waals surface area contributed by atoms with Crippen molar-refractivity contribution in [2.24, 2.45) is 0 Å². The van der Waals surface area contributed by atoms with Gasteiger partial charge in [0.1, 0.15) is 11.8 Å². The van der Waals surface area contributed by atoms with Crippen LogP contribution in [0.3, 0.4) is 0 Å². The van der Waals surface area contributed by atoms with Gasteiger partial charge >= 0.3 is 0 Å². The summed E-state index contributed by atoms with van der Waals surface area (Å²) in [4.78, 5) is 26.9. The number of methoxy groups -OCH3 is 1. The van der Waals surface area contributed by atoms with Crippen molar-refractivity contribution < 1.29 is 14.3 Å². The van der Waals surface area contributed by atoms with Crippen LogP contribution in [0.1, 0.15) is 35.7 Å². The zero-order valence-electron chi connectivity index (χ0n) is 17.0. The van der Waals surface area contributed by atoms with E-state index in [9.17, 15) is 9.59 Å². The Morgan fingerprint density at radius 2 is 1.43 bits per heavy atom. The van der Waals surface area contributed by atoms with E-state index in [0.717, 1.165) is 22.4 Å². The van der Waals surface area contributed by atoms with E-state index in [-0.39, 0.29) is 23.9 Å². The molecule has 0 aliphatic carbocycles. The van der Waals surface area contributed by atoms with Crippen LogP contribution < -0.4 is 10.1 Å². The zero-order valence-corrected chi connectivity index (χ0v) is 17.0. The zero-order chi connectivity index (χ0) is 21.1. The van der Waals surface area contributed by atoms with Crippen molar-refractivity contribution in [3.8, 4) is 5.75 Å². The number of carbonyl (C=O) groups is 2. The Hall–Kier alpha value is -3.60. The fourth-order valence-electron chi connectivity index (χ4n) is 4.10. The van der Waals surface area contributed by atoms with Gasteiger partial charge < -0.3 is 15.0 Å². The SMILES string of the molecule is COc1ccc(C2C(NC(C)=O)C(=O)N2C(c2ccccc2)c2ccccc2)cc1. The number of hydrogen-bond acceptors (Lipinski definition) is 3. The summed E-state index contributed by atoms with van der Waals surface area (Å²) in [7, 11) is 1.62. The van der Waals surface area contributed by atoms with E-state index in [1.165, 1.54) is 6.92 Å². The van der Waals surface area contributed by atoms with Gasteiger partial charge in [-0.05, 0) is 28.8 Å². The molecule has 1 fully saturated rings. The molecule has 0 saturated carbocycles. The van der Waals surface area contributed by atoms with E-state index in [4.69, 9.17) is 4.74 Å². The fourth-order valence-corrected chi connectivity index (χ4v) is 4.10. The van der Waals surface area contributed by atoms with E-state index >= 15 is 0 Å². The standard InChI is InChI=1S/C25H24N2O3/c1-17(28)26-22-24(20-13-15-21(30-2)16-14-20)27(25(22)29)23(18-9-5-3-6-10-18)19-11-7-4-8-12-19/h3-16,22-24H,1-2H3,(H,26,28). The molecule has 2 atom stereocenters. The molecule has 5 heteroatoms. The van der Waals surface area contributed by atoms with Crippen molar-refractivity contribution in [2.75, 3.05) is 7.11 Å². The number of amides is 2. The summed E-state index contributed by atoms with van der Waals surface area (Å²) < 4.78 is 5.28. The molecule has 0 bridgehead atoms. The van der Waals surface area contributed by atoms with E-state index in [0.29, 0.717) is 0 Å². The molecular formula is C25H24N2O3. The van der Waals surface area contributed by atoms with Gasteiger partial charge in [0, 0.05) is 6.92 Å². The van der Waals surface area contributed by atoms with E-state index in [2.05, 4.69) is 5.32 Å². The lowest BCUT2D eigenvalue weighted by molar-refractivity contribution is -0.157. The Kier molecular flexibility index (Phi) is 5.53. The maximum atomic E-state index is 13.3. The van der Waals surface area contributed by atoms with E-state index < -0.39 is 6.04 Å². The van der Waals surface area contributed by atoms with E-state index in [1.54, 1.807) is 7.11 Å². The summed E-state index contributed by atoms with van der Waals surface area (Å²) in [6.07, 6.45) is 0. The van der Waals surface area contributed by atoms with Gasteiger partial charge in [0.2, 0.25) is 11.8 Å². The number of nitrogens with zero attached hydrogens (tertiary/aromatic N) is 1. The highest BCUT2D eigenvalue weighted by atomic mass is 16.5. The second kappa shape index (κ2) is 8.41. The summed E-state index contributed by atoms with van der Waals surface area (Å²) in [6.45, 7) is 1.44. The quantitative estimate of drug-likeness (QED) is 0.639. The van der Waals surface area contributed by atoms with Gasteiger partial charge in [-0.15, -0.1) is 0 Å². The molecule has 0 radical (unpaired) electrons. The largest absolute Gasteiger partial charge is 0.497 e. The average molecular weight is 400 g/mol. The maximum absolute atomic E-state index is 13.3. The molecule has 1 aliphatic rings. The van der Waals surface area contributed by atoms with Crippen LogP contribution >= 0.6 is 0 Å². The summed E-state index contributed by atoms with van der Waals surface area (Å²) in [6, 6.07) is 26.5. The maximum Gasteiger partial charge on any atom is 0.249 e. The van der Waals surface area contributed by atoms with Crippen molar-refractivity contribution in [2.45, 2.75) is 25.0 Å². The van der Waals surface area contributed by atoms with Crippen molar-refractivity contribution in [1.29, 1.82) is 0 Å². The van der Waals surface area contributed by atoms with Crippen LogP contribution in [0.4, 0.5) is 0 Å². The van der Waals surface area contributed by atoms with Gasteiger partial charge in [0.05, 0.1) is 19.2 Å². The minimum atomic E-state index is -0.592. The predicted octanol–water partition coefficient (Wildman–Crippen LogP) is 3.87. The molecule has 1 N–H and O–H groups in total. The normalized spacial score (nSPS) is 18.1. The first-order chi connectivity index (χ1) is 14.6. The molecule has 152 valence electrons. The first-order valence-corrected chi connectivity index (χ1v) is 9.93. The Bertz CT molecular complexity index is 980. The predicted molar refractivity (Wildman–Crippen MR) is 115 cm³/mol. The second-order valence-electron chi connectivity index (χ2n) is 7.37. The molecule has 1 saturated heterocycles. The van der Waals surface area contributed by atoms with Crippen molar-refractivity contribution in [1.82, 2.24) is 10.2 Å². The lowest BCUT2D eigenvalue weighted by Crippen LogP contribution is -2.66. The Labute approximate surface area is 176 Å². The minimum absolute atomic E-state index is 0.0938. The Morgan fingerprint density at radius 1 is 0.900 bits per heavy atom. The average Bonchev–Trinajstić information content (AvgIpc) is 2.79. The van der Waals surface area contributed by atoms with Crippen molar-refractivity contribution in [3.63, 3.8) is 0 Å². The summed E-state index contributed by atoms with van der Waals surface area (Å²) in [5, 5.41) is 2.83. The van der Waals surface area contributed by atoms with Gasteiger partial charge in [-0.2, -0.15) is 0 Å². The van der Waals surface area contributed by atoms with Gasteiger partial charge in [0.15, 0.2) is 0 Å². The molecule has 2 amide bonds. The molecule has 0 spiro atoms. The van der Waals surface area contributed by atoms with Crippen LogP contribution in [0.2, 0.25) is 0 Å². The highest BCUT2D eigenvalue weighted by Gasteiger charge is 2.52. The van der Waals surface area contributed by atoms with Crippen LogP contribution in [0.5, 0.6) is 5.75 Å². The molecule has 0 aromatic heterocycles. The third-order valence-electron chi connectivity index (χ3n) is 5.46. The van der Waals surface area contributed by atoms with Gasteiger partial charge in [0.25, 0.3) is 0 Å². The first-order valence-electron chi connectivity index (χ1n) is 9.93. The van der Waals surface area contributed by atoms with Crippen molar-refractivity contribution in [3.05, 3.63) is 102 Å². The van der Waals surface area contributed by atoms with Crippen LogP contribution in [-0.4, -0.2) is 29.9 Å². The third-order valence-corrected chi connectivity index (χ3v) is 5.46. The molecule has 1 aliphatic heterocycles. The summed E-state index contributed by atoms with van der Waals surface area (Å²) in [5.74, 6) is 0.431. The topological polar surface area (TPSA) is 58.6 Å². The Balaban J connectivity index is 1.79. The van der Waals surface area contributed by atoms with Gasteiger partial charge in [-0.3, -0.25) is 9.59 Å². The summed E-state index contributed by atoms with van der Waals surface area (Å²) >= 11 is 0. The number of hydrogen-bond donors (Lipinski definition) is 1. The Morgan fingerprint density at radius 3 is 1.90 bits per heavy atom.